The first-order valence-electron chi connectivity index (χ1n) is 10.9. The molecule has 0 radical (unpaired) electrons. The van der Waals surface area contributed by atoms with Crippen molar-refractivity contribution in [3.63, 3.8) is 0 Å². The van der Waals surface area contributed by atoms with Gasteiger partial charge in [-0.05, 0) is 68.8 Å². The third-order valence-corrected chi connectivity index (χ3v) is 7.58. The highest BCUT2D eigenvalue weighted by Crippen LogP contribution is 2.60. The summed E-state index contributed by atoms with van der Waals surface area (Å²) >= 11 is 0. The van der Waals surface area contributed by atoms with Gasteiger partial charge in [-0.1, -0.05) is 37.3 Å². The molecule has 4 aliphatic rings. The van der Waals surface area contributed by atoms with Crippen LogP contribution in [0.15, 0.2) is 30.3 Å². The highest BCUT2D eigenvalue weighted by Gasteiger charge is 2.56. The van der Waals surface area contributed by atoms with E-state index in [-0.39, 0.29) is 29.3 Å². The van der Waals surface area contributed by atoms with Crippen LogP contribution in [0, 0.1) is 29.1 Å². The first-order chi connectivity index (χ1) is 13.4. The van der Waals surface area contributed by atoms with Crippen molar-refractivity contribution in [2.24, 2.45) is 29.1 Å². The van der Waals surface area contributed by atoms with E-state index in [4.69, 9.17) is 4.74 Å². The second-order valence-electron chi connectivity index (χ2n) is 9.67. The molecule has 0 heterocycles. The van der Waals surface area contributed by atoms with Gasteiger partial charge in [0.25, 0.3) is 0 Å². The number of carbonyl (C=O) groups is 2. The Labute approximate surface area is 168 Å². The van der Waals surface area contributed by atoms with Crippen LogP contribution in [0.25, 0.3) is 0 Å². The van der Waals surface area contributed by atoms with Crippen LogP contribution in [0.3, 0.4) is 0 Å². The second-order valence-corrected chi connectivity index (χ2v) is 9.67. The van der Waals surface area contributed by atoms with E-state index in [1.807, 2.05) is 30.0 Å². The average Bonchev–Trinajstić information content (AvgIpc) is 2.69. The van der Waals surface area contributed by atoms with Crippen molar-refractivity contribution >= 4 is 11.9 Å². The smallest absolute Gasteiger partial charge is 0.310 e. The lowest BCUT2D eigenvalue weighted by molar-refractivity contribution is -0.162. The molecule has 1 amide bonds. The van der Waals surface area contributed by atoms with E-state index >= 15 is 0 Å². The summed E-state index contributed by atoms with van der Waals surface area (Å²) in [5.41, 5.74) is 0.922. The maximum absolute atomic E-state index is 14.0. The highest BCUT2D eigenvalue weighted by atomic mass is 16.5. The van der Waals surface area contributed by atoms with Gasteiger partial charge in [0, 0.05) is 6.54 Å². The molecule has 152 valence electrons. The van der Waals surface area contributed by atoms with E-state index in [1.165, 1.54) is 26.4 Å². The van der Waals surface area contributed by atoms with Crippen molar-refractivity contribution in [1.29, 1.82) is 0 Å². The zero-order valence-corrected chi connectivity index (χ0v) is 17.4. The number of benzene rings is 1. The molecule has 4 nitrogen and oxygen atoms in total. The van der Waals surface area contributed by atoms with Gasteiger partial charge in [0.2, 0.25) is 5.91 Å². The average molecular weight is 384 g/mol. The number of carbonyl (C=O) groups excluding carboxylic acids is 2. The normalized spacial score (nSPS) is 32.6. The first kappa shape index (κ1) is 19.5. The Morgan fingerprint density at radius 2 is 1.57 bits per heavy atom. The fourth-order valence-electron chi connectivity index (χ4n) is 6.58. The molecular weight excluding hydrogens is 350 g/mol. The van der Waals surface area contributed by atoms with Gasteiger partial charge in [0.1, 0.15) is 0 Å². The van der Waals surface area contributed by atoms with E-state index in [0.29, 0.717) is 6.54 Å². The Morgan fingerprint density at radius 1 is 1.04 bits per heavy atom. The lowest BCUT2D eigenvalue weighted by atomic mass is 9.49. The summed E-state index contributed by atoms with van der Waals surface area (Å²) in [6.45, 7) is 4.38. The van der Waals surface area contributed by atoms with Crippen molar-refractivity contribution < 1.29 is 14.3 Å². The van der Waals surface area contributed by atoms with E-state index in [1.54, 1.807) is 0 Å². The van der Waals surface area contributed by atoms with E-state index in [2.05, 4.69) is 19.1 Å². The molecule has 2 atom stereocenters. The molecular formula is C24H33NO3. The minimum Gasteiger partial charge on any atom is -0.469 e. The zero-order valence-electron chi connectivity index (χ0n) is 17.4. The van der Waals surface area contributed by atoms with Crippen LogP contribution in [-0.4, -0.2) is 30.4 Å². The molecule has 28 heavy (non-hydrogen) atoms. The molecule has 0 spiro atoms. The fourth-order valence-corrected chi connectivity index (χ4v) is 6.58. The molecule has 0 aliphatic heterocycles. The number of ether oxygens (including phenoxy) is 1. The Morgan fingerprint density at radius 3 is 2.07 bits per heavy atom. The molecule has 4 aliphatic carbocycles. The quantitative estimate of drug-likeness (QED) is 0.675. The molecule has 1 aromatic rings. The Hall–Kier alpha value is -1.84. The minimum absolute atomic E-state index is 0.0474. The molecule has 0 aromatic heterocycles. The summed E-state index contributed by atoms with van der Waals surface area (Å²) in [6.07, 6.45) is 7.09. The maximum atomic E-state index is 14.0. The lowest BCUT2D eigenvalue weighted by Crippen LogP contribution is -2.55. The van der Waals surface area contributed by atoms with E-state index in [9.17, 15) is 9.59 Å². The number of amides is 1. The SMILES string of the molecule is COC(=O)C(C)CN(C(=O)C12CC3CC(CC(C3)C1)C2)C(C)c1ccccc1. The standard InChI is InChI=1S/C24H33NO3/c1-16(22(26)28-3)15-25(17(2)21-7-5-4-6-8-21)23(27)24-12-18-9-19(13-24)11-20(10-18)14-24/h4-8,16-20H,9-15H2,1-3H3. The molecule has 0 N–H and O–H groups in total. The molecule has 1 aromatic carbocycles. The number of hydrogen-bond acceptors (Lipinski definition) is 3. The fraction of sp³-hybridized carbons (Fsp3) is 0.667. The van der Waals surface area contributed by atoms with Gasteiger partial charge in [-0.15, -0.1) is 0 Å². The monoisotopic (exact) mass is 383 g/mol. The molecule has 0 saturated heterocycles. The van der Waals surface area contributed by atoms with Gasteiger partial charge in [-0.2, -0.15) is 0 Å². The summed E-state index contributed by atoms with van der Waals surface area (Å²) in [5.74, 6) is 1.88. The van der Waals surface area contributed by atoms with Gasteiger partial charge in [-0.25, -0.2) is 0 Å². The predicted octanol–water partition coefficient (Wildman–Crippen LogP) is 4.60. The topological polar surface area (TPSA) is 46.6 Å². The molecule has 4 bridgehead atoms. The number of hydrogen-bond donors (Lipinski definition) is 0. The lowest BCUT2D eigenvalue weighted by Gasteiger charge is -2.57. The third-order valence-electron chi connectivity index (χ3n) is 7.58. The van der Waals surface area contributed by atoms with Crippen LogP contribution in [0.1, 0.15) is 64.0 Å². The molecule has 2 unspecified atom stereocenters. The van der Waals surface area contributed by atoms with Gasteiger partial charge >= 0.3 is 5.97 Å². The summed E-state index contributed by atoms with van der Waals surface area (Å²) in [6, 6.07) is 10.1. The van der Waals surface area contributed by atoms with Gasteiger partial charge < -0.3 is 9.64 Å². The van der Waals surface area contributed by atoms with Gasteiger partial charge in [0.05, 0.1) is 24.5 Å². The Kier molecular flexibility index (Phi) is 5.24. The van der Waals surface area contributed by atoms with Crippen LogP contribution < -0.4 is 0 Å². The summed E-state index contributed by atoms with van der Waals surface area (Å²) in [5, 5.41) is 0. The molecule has 5 rings (SSSR count). The molecule has 4 fully saturated rings. The minimum atomic E-state index is -0.325. The Balaban J connectivity index is 1.62. The Bertz CT molecular complexity index is 693. The number of rotatable bonds is 6. The predicted molar refractivity (Wildman–Crippen MR) is 108 cm³/mol. The molecule has 4 heteroatoms. The van der Waals surface area contributed by atoms with Gasteiger partial charge in [0.15, 0.2) is 0 Å². The maximum Gasteiger partial charge on any atom is 0.310 e. The van der Waals surface area contributed by atoms with E-state index < -0.39 is 0 Å². The second kappa shape index (κ2) is 7.53. The van der Waals surface area contributed by atoms with Crippen LogP contribution >= 0.6 is 0 Å². The number of nitrogens with zero attached hydrogens (tertiary/aromatic N) is 1. The van der Waals surface area contributed by atoms with Crippen molar-refractivity contribution in [2.75, 3.05) is 13.7 Å². The molecule has 4 saturated carbocycles. The first-order valence-corrected chi connectivity index (χ1v) is 10.9. The van der Waals surface area contributed by atoms with Crippen LogP contribution in [0.5, 0.6) is 0 Å². The summed E-state index contributed by atoms with van der Waals surface area (Å²) in [4.78, 5) is 28.1. The van der Waals surface area contributed by atoms with Crippen molar-refractivity contribution in [1.82, 2.24) is 4.90 Å². The van der Waals surface area contributed by atoms with Crippen molar-refractivity contribution in [3.05, 3.63) is 35.9 Å². The van der Waals surface area contributed by atoms with Crippen LogP contribution in [0.4, 0.5) is 0 Å². The summed E-state index contributed by atoms with van der Waals surface area (Å²) in [7, 11) is 1.42. The highest BCUT2D eigenvalue weighted by molar-refractivity contribution is 5.84. The zero-order chi connectivity index (χ0) is 19.9. The summed E-state index contributed by atoms with van der Waals surface area (Å²) < 4.78 is 4.95. The van der Waals surface area contributed by atoms with Crippen LogP contribution in [0.2, 0.25) is 0 Å². The van der Waals surface area contributed by atoms with Crippen LogP contribution in [-0.2, 0) is 14.3 Å². The van der Waals surface area contributed by atoms with Gasteiger partial charge in [-0.3, -0.25) is 9.59 Å². The van der Waals surface area contributed by atoms with E-state index in [0.717, 1.165) is 42.6 Å². The number of esters is 1. The number of methoxy groups -OCH3 is 1. The van der Waals surface area contributed by atoms with Crippen molar-refractivity contribution in [3.8, 4) is 0 Å². The third kappa shape index (κ3) is 3.46. The van der Waals surface area contributed by atoms with Crippen molar-refractivity contribution in [2.45, 2.75) is 58.4 Å². The largest absolute Gasteiger partial charge is 0.469 e.